The largest absolute Gasteiger partial charge is 0.326 e. The van der Waals surface area contributed by atoms with Gasteiger partial charge in [0.25, 0.3) is 0 Å². The average molecular weight is 633 g/mol. The van der Waals surface area contributed by atoms with E-state index in [1.165, 1.54) is 0 Å². The van der Waals surface area contributed by atoms with Gasteiger partial charge in [0.2, 0.25) is 0 Å². The Morgan fingerprint density at radius 1 is 0.375 bits per heavy atom. The number of benzene rings is 6. The lowest BCUT2D eigenvalue weighted by Gasteiger charge is -2.29. The molecular formula is C42H44N6. The summed E-state index contributed by atoms with van der Waals surface area (Å²) in [4.78, 5) is 4.57. The number of nitrogens with zero attached hydrogens (tertiary/aromatic N) is 2. The predicted molar refractivity (Wildman–Crippen MR) is 202 cm³/mol. The molecule has 6 aromatic carbocycles. The van der Waals surface area contributed by atoms with Crippen LogP contribution in [0.15, 0.2) is 133 Å². The Bertz CT molecular complexity index is 1790. The van der Waals surface area contributed by atoms with Gasteiger partial charge in [0.1, 0.15) is 0 Å². The molecule has 0 aliphatic rings. The van der Waals surface area contributed by atoms with Gasteiger partial charge < -0.3 is 32.7 Å². The van der Waals surface area contributed by atoms with Gasteiger partial charge in [0.05, 0.1) is 0 Å². The van der Waals surface area contributed by atoms with Gasteiger partial charge in [-0.3, -0.25) is 0 Å². The van der Waals surface area contributed by atoms with E-state index in [2.05, 4.69) is 157 Å². The Hall–Kier alpha value is -5.24. The molecule has 6 rings (SSSR count). The third-order valence-electron chi connectivity index (χ3n) is 8.83. The van der Waals surface area contributed by atoms with E-state index in [9.17, 15) is 0 Å². The van der Waals surface area contributed by atoms with Crippen LogP contribution in [-0.2, 0) is 26.2 Å². The maximum Gasteiger partial charge on any atom is 0.0491 e. The van der Waals surface area contributed by atoms with Crippen LogP contribution < -0.4 is 32.7 Å². The van der Waals surface area contributed by atoms with Crippen molar-refractivity contribution in [3.8, 4) is 11.1 Å². The highest BCUT2D eigenvalue weighted by atomic mass is 15.1. The fraction of sp³-hybridized carbons (Fsp3) is 0.143. The maximum atomic E-state index is 6.04. The molecule has 242 valence electrons. The smallest absolute Gasteiger partial charge is 0.0491 e. The fourth-order valence-electron chi connectivity index (χ4n) is 6.32. The lowest BCUT2D eigenvalue weighted by atomic mass is 9.98. The molecule has 0 heterocycles. The van der Waals surface area contributed by atoms with Crippen LogP contribution in [0.1, 0.15) is 33.4 Å². The quantitative estimate of drug-likeness (QED) is 0.114. The first-order chi connectivity index (χ1) is 23.4. The van der Waals surface area contributed by atoms with Crippen LogP contribution in [-0.4, -0.2) is 0 Å². The summed E-state index contributed by atoms with van der Waals surface area (Å²) < 4.78 is 0. The molecule has 0 aromatic heterocycles. The zero-order valence-corrected chi connectivity index (χ0v) is 27.7. The molecule has 6 aromatic rings. The van der Waals surface area contributed by atoms with Crippen molar-refractivity contribution in [2.24, 2.45) is 22.9 Å². The Balaban J connectivity index is 1.40. The summed E-state index contributed by atoms with van der Waals surface area (Å²) in [7, 11) is 0. The lowest BCUT2D eigenvalue weighted by Crippen LogP contribution is -2.13. The van der Waals surface area contributed by atoms with Gasteiger partial charge in [0.15, 0.2) is 0 Å². The number of hydrogen-bond acceptors (Lipinski definition) is 6. The highest BCUT2D eigenvalue weighted by Crippen LogP contribution is 2.41. The van der Waals surface area contributed by atoms with Crippen LogP contribution in [0.25, 0.3) is 11.1 Å². The van der Waals surface area contributed by atoms with E-state index in [1.807, 2.05) is 0 Å². The Morgan fingerprint density at radius 3 is 0.917 bits per heavy atom. The third kappa shape index (κ3) is 6.88. The van der Waals surface area contributed by atoms with Crippen LogP contribution >= 0.6 is 0 Å². The van der Waals surface area contributed by atoms with Gasteiger partial charge in [-0.05, 0) is 131 Å². The van der Waals surface area contributed by atoms with Crippen molar-refractivity contribution in [3.05, 3.63) is 167 Å². The SMILES string of the molecule is Cc1cc(-c2ccc(N(c3cccc(CN)c3)c3cccc(CN)c3)c(C)c2)ccc1N(c1cccc(CN)c1)c1cccc(CN)c1. The summed E-state index contributed by atoms with van der Waals surface area (Å²) >= 11 is 0. The number of rotatable bonds is 11. The second-order valence-electron chi connectivity index (χ2n) is 12.2. The molecule has 0 unspecified atom stereocenters. The summed E-state index contributed by atoms with van der Waals surface area (Å²) in [5.41, 5.74) is 39.5. The molecule has 6 nitrogen and oxygen atoms in total. The molecule has 0 saturated carbocycles. The van der Waals surface area contributed by atoms with Crippen LogP contribution in [0.2, 0.25) is 0 Å². The maximum absolute atomic E-state index is 6.04. The summed E-state index contributed by atoms with van der Waals surface area (Å²) in [6.07, 6.45) is 0. The topological polar surface area (TPSA) is 111 Å². The van der Waals surface area contributed by atoms with Crippen LogP contribution in [0.4, 0.5) is 34.1 Å². The van der Waals surface area contributed by atoms with Gasteiger partial charge in [-0.2, -0.15) is 0 Å². The minimum Gasteiger partial charge on any atom is -0.326 e. The van der Waals surface area contributed by atoms with E-state index in [1.54, 1.807) is 0 Å². The van der Waals surface area contributed by atoms with Gasteiger partial charge >= 0.3 is 0 Å². The zero-order valence-electron chi connectivity index (χ0n) is 27.7. The average Bonchev–Trinajstić information content (AvgIpc) is 3.13. The van der Waals surface area contributed by atoms with Gasteiger partial charge in [-0.1, -0.05) is 60.7 Å². The molecule has 48 heavy (non-hydrogen) atoms. The first-order valence-electron chi connectivity index (χ1n) is 16.4. The molecule has 0 aliphatic heterocycles. The molecule has 0 amide bonds. The second kappa shape index (κ2) is 14.7. The minimum absolute atomic E-state index is 0.478. The molecule has 0 radical (unpaired) electrons. The van der Waals surface area contributed by atoms with Gasteiger partial charge in [-0.25, -0.2) is 0 Å². The number of hydrogen-bond donors (Lipinski definition) is 4. The molecule has 0 saturated heterocycles. The summed E-state index contributed by atoms with van der Waals surface area (Å²) in [5, 5.41) is 0. The van der Waals surface area contributed by atoms with E-state index >= 15 is 0 Å². The number of aryl methyl sites for hydroxylation is 2. The van der Waals surface area contributed by atoms with E-state index in [-0.39, 0.29) is 0 Å². The predicted octanol–water partition coefficient (Wildman–Crippen LogP) is 8.74. The Labute approximate surface area is 284 Å². The summed E-state index contributed by atoms with van der Waals surface area (Å²) in [5.74, 6) is 0. The zero-order chi connectivity index (χ0) is 33.6. The van der Waals surface area contributed by atoms with Crippen molar-refractivity contribution in [3.63, 3.8) is 0 Å². The summed E-state index contributed by atoms with van der Waals surface area (Å²) in [6.45, 7) is 6.25. The van der Waals surface area contributed by atoms with Gasteiger partial charge in [-0.15, -0.1) is 0 Å². The number of anilines is 6. The second-order valence-corrected chi connectivity index (χ2v) is 12.2. The standard InChI is InChI=1S/C42H44N6/c1-29-19-35(15-17-41(29)47(37-11-3-7-31(21-37)25-43)38-12-4-8-32(22-38)26-44)36-16-18-42(30(2)20-36)48(39-13-5-9-33(23-39)27-45)40-14-6-10-34(24-40)28-46/h3-24H,25-28,43-46H2,1-2H3. The van der Waals surface area contributed by atoms with E-state index in [4.69, 9.17) is 22.9 Å². The molecule has 0 spiro atoms. The van der Waals surface area contributed by atoms with E-state index in [0.29, 0.717) is 26.2 Å². The van der Waals surface area contributed by atoms with Gasteiger partial charge in [0, 0.05) is 60.3 Å². The van der Waals surface area contributed by atoms with Crippen LogP contribution in [0, 0.1) is 13.8 Å². The van der Waals surface area contributed by atoms with Crippen molar-refractivity contribution in [2.45, 2.75) is 40.0 Å². The monoisotopic (exact) mass is 632 g/mol. The van der Waals surface area contributed by atoms with Crippen molar-refractivity contribution in [1.29, 1.82) is 0 Å². The molecular weight excluding hydrogens is 589 g/mol. The lowest BCUT2D eigenvalue weighted by molar-refractivity contribution is 1.06. The van der Waals surface area contributed by atoms with Crippen LogP contribution in [0.5, 0.6) is 0 Å². The van der Waals surface area contributed by atoms with E-state index < -0.39 is 0 Å². The van der Waals surface area contributed by atoms with Crippen molar-refractivity contribution in [2.75, 3.05) is 9.80 Å². The van der Waals surface area contributed by atoms with Crippen molar-refractivity contribution >= 4 is 34.1 Å². The fourth-order valence-corrected chi connectivity index (χ4v) is 6.32. The molecule has 8 N–H and O–H groups in total. The third-order valence-corrected chi connectivity index (χ3v) is 8.83. The highest BCUT2D eigenvalue weighted by molar-refractivity contribution is 5.83. The highest BCUT2D eigenvalue weighted by Gasteiger charge is 2.19. The van der Waals surface area contributed by atoms with Crippen molar-refractivity contribution < 1.29 is 0 Å². The number of nitrogens with two attached hydrogens (primary N) is 4. The van der Waals surface area contributed by atoms with E-state index in [0.717, 1.165) is 78.6 Å². The molecule has 0 fully saturated rings. The summed E-state index contributed by atoms with van der Waals surface area (Å²) in [6, 6.07) is 47.0. The normalized spacial score (nSPS) is 11.0. The molecule has 0 bridgehead atoms. The first-order valence-corrected chi connectivity index (χ1v) is 16.4. The Kier molecular flexibility index (Phi) is 9.99. The molecule has 0 atom stereocenters. The Morgan fingerprint density at radius 2 is 0.667 bits per heavy atom. The minimum atomic E-state index is 0.478. The van der Waals surface area contributed by atoms with Crippen LogP contribution in [0.3, 0.4) is 0 Å². The molecule has 6 heteroatoms. The molecule has 0 aliphatic carbocycles. The first kappa shape index (κ1) is 32.7. The van der Waals surface area contributed by atoms with Crippen molar-refractivity contribution in [1.82, 2.24) is 0 Å².